The second-order valence-electron chi connectivity index (χ2n) is 7.30. The van der Waals surface area contributed by atoms with Gasteiger partial charge in [-0.1, -0.05) is 30.3 Å². The molecule has 3 aromatic rings. The number of aromatic nitrogens is 1. The molecular weight excluding hydrogens is 382 g/mol. The van der Waals surface area contributed by atoms with Crippen LogP contribution in [0, 0.1) is 0 Å². The largest absolute Gasteiger partial charge is 0.495 e. The highest BCUT2D eigenvalue weighted by Gasteiger charge is 2.33. The minimum absolute atomic E-state index is 0.0349. The van der Waals surface area contributed by atoms with E-state index >= 15 is 0 Å². The van der Waals surface area contributed by atoms with Gasteiger partial charge in [0.05, 0.1) is 31.0 Å². The molecule has 4 rings (SSSR count). The van der Waals surface area contributed by atoms with Crippen LogP contribution in [0.15, 0.2) is 54.7 Å². The van der Waals surface area contributed by atoms with Gasteiger partial charge >= 0.3 is 0 Å². The number of amides is 2. The quantitative estimate of drug-likeness (QED) is 0.654. The van der Waals surface area contributed by atoms with Gasteiger partial charge in [0, 0.05) is 43.7 Å². The van der Waals surface area contributed by atoms with Crippen molar-refractivity contribution < 1.29 is 19.1 Å². The average Bonchev–Trinajstić information content (AvgIpc) is 3.32. The molecule has 0 bridgehead atoms. The number of fused-ring (bicyclic) bond motifs is 1. The van der Waals surface area contributed by atoms with E-state index < -0.39 is 0 Å². The van der Waals surface area contributed by atoms with Crippen LogP contribution in [0.2, 0.25) is 0 Å². The maximum Gasteiger partial charge on any atom is 0.253 e. The Labute approximate surface area is 175 Å². The molecule has 2 amide bonds. The highest BCUT2D eigenvalue weighted by atomic mass is 16.5. The predicted octanol–water partition coefficient (Wildman–Crippen LogP) is 2.83. The van der Waals surface area contributed by atoms with Crippen molar-refractivity contribution in [3.63, 3.8) is 0 Å². The molecule has 1 fully saturated rings. The molecule has 1 aliphatic rings. The molecular formula is C23H25N3O4. The van der Waals surface area contributed by atoms with Crippen LogP contribution in [0.1, 0.15) is 16.8 Å². The summed E-state index contributed by atoms with van der Waals surface area (Å²) in [5, 5.41) is 3.92. The van der Waals surface area contributed by atoms with Crippen LogP contribution >= 0.6 is 0 Å². The lowest BCUT2D eigenvalue weighted by Gasteiger charge is -2.19. The first kappa shape index (κ1) is 20.0. The maximum atomic E-state index is 13.1. The van der Waals surface area contributed by atoms with Gasteiger partial charge in [0.1, 0.15) is 5.75 Å². The van der Waals surface area contributed by atoms with Crippen molar-refractivity contribution in [1.29, 1.82) is 0 Å². The van der Waals surface area contributed by atoms with Gasteiger partial charge in [-0.2, -0.15) is 0 Å². The molecule has 1 aliphatic heterocycles. The second-order valence-corrected chi connectivity index (χ2v) is 7.30. The standard InChI is InChI=1S/C23H25N3O4/c1-29-12-11-25-15-18(17-7-3-4-8-19(17)25)23(28)24-16-13-22(27)26(14-16)20-9-5-6-10-21(20)30-2/h3-10,15-16H,11-14H2,1-2H3,(H,24,28). The molecule has 7 heteroatoms. The van der Waals surface area contributed by atoms with E-state index in [0.717, 1.165) is 16.6 Å². The molecule has 0 spiro atoms. The summed E-state index contributed by atoms with van der Waals surface area (Å²) in [6.07, 6.45) is 2.11. The van der Waals surface area contributed by atoms with Crippen molar-refractivity contribution in [2.75, 3.05) is 32.3 Å². The van der Waals surface area contributed by atoms with E-state index in [9.17, 15) is 9.59 Å². The Morgan fingerprint density at radius 3 is 2.70 bits per heavy atom. The highest BCUT2D eigenvalue weighted by molar-refractivity contribution is 6.07. The van der Waals surface area contributed by atoms with Crippen LogP contribution in [0.4, 0.5) is 5.69 Å². The number of hydrogen-bond acceptors (Lipinski definition) is 4. The fourth-order valence-corrected chi connectivity index (χ4v) is 3.96. The second kappa shape index (κ2) is 8.59. The van der Waals surface area contributed by atoms with Gasteiger partial charge < -0.3 is 24.3 Å². The molecule has 1 unspecified atom stereocenters. The van der Waals surface area contributed by atoms with Gasteiger partial charge in [-0.15, -0.1) is 0 Å². The number of methoxy groups -OCH3 is 2. The molecule has 1 atom stereocenters. The number of carbonyl (C=O) groups is 2. The Kier molecular flexibility index (Phi) is 5.72. The third kappa shape index (κ3) is 3.76. The van der Waals surface area contributed by atoms with Gasteiger partial charge in [-0.25, -0.2) is 0 Å². The minimum Gasteiger partial charge on any atom is -0.495 e. The molecule has 1 N–H and O–H groups in total. The number of ether oxygens (including phenoxy) is 2. The number of benzene rings is 2. The topological polar surface area (TPSA) is 72.8 Å². The number of rotatable bonds is 7. The van der Waals surface area contributed by atoms with Crippen LogP contribution in [0.3, 0.4) is 0 Å². The SMILES string of the molecule is COCCn1cc(C(=O)NC2CC(=O)N(c3ccccc3OC)C2)c2ccccc21. The zero-order valence-corrected chi connectivity index (χ0v) is 17.1. The summed E-state index contributed by atoms with van der Waals surface area (Å²) in [7, 11) is 3.24. The normalized spacial score (nSPS) is 16.3. The summed E-state index contributed by atoms with van der Waals surface area (Å²) in [5.41, 5.74) is 2.31. The van der Waals surface area contributed by atoms with Gasteiger partial charge in [0.25, 0.3) is 5.91 Å². The summed E-state index contributed by atoms with van der Waals surface area (Å²) < 4.78 is 12.6. The first-order chi connectivity index (χ1) is 14.6. The smallest absolute Gasteiger partial charge is 0.253 e. The Hall–Kier alpha value is -3.32. The van der Waals surface area contributed by atoms with E-state index in [2.05, 4.69) is 5.32 Å². The van der Waals surface area contributed by atoms with Gasteiger partial charge in [-0.3, -0.25) is 9.59 Å². The Morgan fingerprint density at radius 2 is 1.90 bits per heavy atom. The van der Waals surface area contributed by atoms with Gasteiger partial charge in [0.15, 0.2) is 0 Å². The Balaban J connectivity index is 1.53. The summed E-state index contributed by atoms with van der Waals surface area (Å²) in [5.74, 6) is 0.424. The van der Waals surface area contributed by atoms with E-state index in [1.165, 1.54) is 0 Å². The van der Waals surface area contributed by atoms with Crippen molar-refractivity contribution in [2.24, 2.45) is 0 Å². The van der Waals surface area contributed by atoms with Gasteiger partial charge in [-0.05, 0) is 18.2 Å². The number of carbonyl (C=O) groups excluding carboxylic acids is 2. The molecule has 7 nitrogen and oxygen atoms in total. The number of para-hydroxylation sites is 3. The van der Waals surface area contributed by atoms with Crippen molar-refractivity contribution in [2.45, 2.75) is 19.0 Å². The lowest BCUT2D eigenvalue weighted by Crippen LogP contribution is -2.37. The van der Waals surface area contributed by atoms with E-state index in [1.54, 1.807) is 19.1 Å². The minimum atomic E-state index is -0.268. The first-order valence-corrected chi connectivity index (χ1v) is 9.93. The molecule has 2 heterocycles. The number of hydrogen-bond donors (Lipinski definition) is 1. The van der Waals surface area contributed by atoms with Crippen molar-refractivity contribution in [3.8, 4) is 5.75 Å². The zero-order valence-electron chi connectivity index (χ0n) is 17.1. The number of nitrogens with one attached hydrogen (secondary N) is 1. The third-order valence-corrected chi connectivity index (χ3v) is 5.41. The predicted molar refractivity (Wildman–Crippen MR) is 115 cm³/mol. The van der Waals surface area contributed by atoms with Gasteiger partial charge in [0.2, 0.25) is 5.91 Å². The van der Waals surface area contributed by atoms with E-state index in [-0.39, 0.29) is 24.3 Å². The van der Waals surface area contributed by atoms with E-state index in [1.807, 2.05) is 59.3 Å². The van der Waals surface area contributed by atoms with Crippen molar-refractivity contribution >= 4 is 28.4 Å². The van der Waals surface area contributed by atoms with Crippen LogP contribution in [-0.4, -0.2) is 49.8 Å². The Morgan fingerprint density at radius 1 is 1.13 bits per heavy atom. The molecule has 30 heavy (non-hydrogen) atoms. The average molecular weight is 407 g/mol. The number of anilines is 1. The first-order valence-electron chi connectivity index (χ1n) is 9.93. The van der Waals surface area contributed by atoms with Crippen LogP contribution < -0.4 is 15.0 Å². The molecule has 0 radical (unpaired) electrons. The Bertz CT molecular complexity index is 1080. The molecule has 156 valence electrons. The van der Waals surface area contributed by atoms with E-state index in [0.29, 0.717) is 31.0 Å². The molecule has 0 saturated carbocycles. The number of nitrogens with zero attached hydrogens (tertiary/aromatic N) is 2. The maximum absolute atomic E-state index is 13.1. The molecule has 0 aliphatic carbocycles. The monoisotopic (exact) mass is 407 g/mol. The summed E-state index contributed by atoms with van der Waals surface area (Å²) in [4.78, 5) is 27.3. The summed E-state index contributed by atoms with van der Waals surface area (Å²) >= 11 is 0. The van der Waals surface area contributed by atoms with Crippen molar-refractivity contribution in [3.05, 3.63) is 60.3 Å². The molecule has 1 saturated heterocycles. The fraction of sp³-hybridized carbons (Fsp3) is 0.304. The lowest BCUT2D eigenvalue weighted by molar-refractivity contribution is -0.117. The highest BCUT2D eigenvalue weighted by Crippen LogP contribution is 2.31. The van der Waals surface area contributed by atoms with Crippen LogP contribution in [0.25, 0.3) is 10.9 Å². The summed E-state index contributed by atoms with van der Waals surface area (Å²) in [6, 6.07) is 14.9. The van der Waals surface area contributed by atoms with Crippen LogP contribution in [-0.2, 0) is 16.1 Å². The zero-order chi connectivity index (χ0) is 21.1. The van der Waals surface area contributed by atoms with Crippen LogP contribution in [0.5, 0.6) is 5.75 Å². The van der Waals surface area contributed by atoms with Crippen molar-refractivity contribution in [1.82, 2.24) is 9.88 Å². The summed E-state index contributed by atoms with van der Waals surface area (Å²) in [6.45, 7) is 1.63. The fourth-order valence-electron chi connectivity index (χ4n) is 3.96. The molecule has 1 aromatic heterocycles. The lowest BCUT2D eigenvalue weighted by atomic mass is 10.1. The van der Waals surface area contributed by atoms with E-state index in [4.69, 9.17) is 9.47 Å². The molecule has 2 aromatic carbocycles. The third-order valence-electron chi connectivity index (χ3n) is 5.41.